The minimum absolute atomic E-state index is 0.111. The second-order valence-corrected chi connectivity index (χ2v) is 5.32. The zero-order chi connectivity index (χ0) is 13.8. The van der Waals surface area contributed by atoms with E-state index < -0.39 is 11.7 Å². The molecule has 0 aliphatic heterocycles. The molecule has 0 heterocycles. The standard InChI is InChI=1S/C12H17F3N2S/c1-3-18-7-8(2)17-9-4-5-11(16)10(6-9)12(13,14)15/h4-6,8,17H,3,7,16H2,1-2H3. The van der Waals surface area contributed by atoms with Crippen LogP contribution in [0.15, 0.2) is 18.2 Å². The normalized spacial score (nSPS) is 13.4. The van der Waals surface area contributed by atoms with Crippen LogP contribution in [0.25, 0.3) is 0 Å². The van der Waals surface area contributed by atoms with Crippen molar-refractivity contribution >= 4 is 23.1 Å². The summed E-state index contributed by atoms with van der Waals surface area (Å²) in [5.74, 6) is 1.84. The van der Waals surface area contributed by atoms with Gasteiger partial charge >= 0.3 is 6.18 Å². The first-order chi connectivity index (χ1) is 8.34. The van der Waals surface area contributed by atoms with Crippen LogP contribution in [0.3, 0.4) is 0 Å². The van der Waals surface area contributed by atoms with Gasteiger partial charge in [0.25, 0.3) is 0 Å². The van der Waals surface area contributed by atoms with Gasteiger partial charge in [0.15, 0.2) is 0 Å². The summed E-state index contributed by atoms with van der Waals surface area (Å²) in [5.41, 5.74) is 4.74. The van der Waals surface area contributed by atoms with Crippen molar-refractivity contribution in [3.8, 4) is 0 Å². The van der Waals surface area contributed by atoms with Crippen LogP contribution >= 0.6 is 11.8 Å². The number of anilines is 2. The Morgan fingerprint density at radius 3 is 2.61 bits per heavy atom. The Balaban J connectivity index is 2.79. The molecule has 0 aliphatic carbocycles. The van der Waals surface area contributed by atoms with Crippen molar-refractivity contribution < 1.29 is 13.2 Å². The summed E-state index contributed by atoms with van der Waals surface area (Å²) in [6.07, 6.45) is -4.41. The lowest BCUT2D eigenvalue weighted by Gasteiger charge is -2.17. The largest absolute Gasteiger partial charge is 0.418 e. The minimum Gasteiger partial charge on any atom is -0.398 e. The first-order valence-electron chi connectivity index (χ1n) is 5.65. The lowest BCUT2D eigenvalue weighted by molar-refractivity contribution is -0.136. The van der Waals surface area contributed by atoms with E-state index in [2.05, 4.69) is 5.32 Å². The lowest BCUT2D eigenvalue weighted by Crippen LogP contribution is -2.19. The smallest absolute Gasteiger partial charge is 0.398 e. The van der Waals surface area contributed by atoms with Gasteiger partial charge < -0.3 is 11.1 Å². The van der Waals surface area contributed by atoms with Crippen molar-refractivity contribution in [2.24, 2.45) is 0 Å². The summed E-state index contributed by atoms with van der Waals surface area (Å²) in [7, 11) is 0. The van der Waals surface area contributed by atoms with E-state index in [0.717, 1.165) is 17.6 Å². The molecule has 1 unspecified atom stereocenters. The van der Waals surface area contributed by atoms with E-state index in [1.165, 1.54) is 6.07 Å². The van der Waals surface area contributed by atoms with Crippen molar-refractivity contribution in [3.63, 3.8) is 0 Å². The Morgan fingerprint density at radius 1 is 1.39 bits per heavy atom. The molecule has 1 aromatic rings. The topological polar surface area (TPSA) is 38.0 Å². The van der Waals surface area contributed by atoms with Crippen molar-refractivity contribution in [2.75, 3.05) is 22.6 Å². The van der Waals surface area contributed by atoms with Crippen LogP contribution in [0, 0.1) is 0 Å². The fourth-order valence-corrected chi connectivity index (χ4v) is 2.18. The summed E-state index contributed by atoms with van der Waals surface area (Å²) in [6.45, 7) is 3.98. The second kappa shape index (κ2) is 6.22. The van der Waals surface area contributed by atoms with Gasteiger partial charge in [0.2, 0.25) is 0 Å². The molecule has 6 heteroatoms. The van der Waals surface area contributed by atoms with Crippen molar-refractivity contribution in [2.45, 2.75) is 26.1 Å². The highest BCUT2D eigenvalue weighted by molar-refractivity contribution is 7.99. The van der Waals surface area contributed by atoms with Gasteiger partial charge in [-0.1, -0.05) is 6.92 Å². The molecule has 0 aliphatic rings. The highest BCUT2D eigenvalue weighted by atomic mass is 32.2. The molecule has 0 radical (unpaired) electrons. The number of halogens is 3. The number of rotatable bonds is 5. The highest BCUT2D eigenvalue weighted by Crippen LogP contribution is 2.35. The molecule has 1 atom stereocenters. The third-order valence-electron chi connectivity index (χ3n) is 2.34. The quantitative estimate of drug-likeness (QED) is 0.804. The molecule has 3 N–H and O–H groups in total. The maximum atomic E-state index is 12.7. The SMILES string of the molecule is CCSCC(C)Nc1ccc(N)c(C(F)(F)F)c1. The van der Waals surface area contributed by atoms with E-state index >= 15 is 0 Å². The van der Waals surface area contributed by atoms with Crippen molar-refractivity contribution in [1.82, 2.24) is 0 Å². The average Bonchev–Trinajstić information content (AvgIpc) is 2.27. The van der Waals surface area contributed by atoms with Crippen LogP contribution in [0.4, 0.5) is 24.5 Å². The molecule has 1 rings (SSSR count). The third-order valence-corrected chi connectivity index (χ3v) is 3.49. The molecule has 0 bridgehead atoms. The minimum atomic E-state index is -4.41. The van der Waals surface area contributed by atoms with Crippen LogP contribution in [0.5, 0.6) is 0 Å². The van der Waals surface area contributed by atoms with Gasteiger partial charge in [0, 0.05) is 23.2 Å². The molecule has 0 saturated heterocycles. The molecule has 102 valence electrons. The molecular formula is C12H17F3N2S. The number of hydrogen-bond acceptors (Lipinski definition) is 3. The molecule has 2 nitrogen and oxygen atoms in total. The maximum absolute atomic E-state index is 12.7. The Labute approximate surface area is 109 Å². The fraction of sp³-hybridized carbons (Fsp3) is 0.500. The monoisotopic (exact) mass is 278 g/mol. The van der Waals surface area contributed by atoms with E-state index in [4.69, 9.17) is 5.73 Å². The molecule has 0 spiro atoms. The van der Waals surface area contributed by atoms with Gasteiger partial charge in [-0.2, -0.15) is 24.9 Å². The zero-order valence-corrected chi connectivity index (χ0v) is 11.2. The second-order valence-electron chi connectivity index (χ2n) is 4.00. The van der Waals surface area contributed by atoms with Crippen LogP contribution in [0.2, 0.25) is 0 Å². The molecule has 1 aromatic carbocycles. The molecule has 0 aromatic heterocycles. The van der Waals surface area contributed by atoms with E-state index in [1.54, 1.807) is 17.8 Å². The number of hydrogen-bond donors (Lipinski definition) is 2. The van der Waals surface area contributed by atoms with E-state index in [9.17, 15) is 13.2 Å². The van der Waals surface area contributed by atoms with Crippen LogP contribution in [0.1, 0.15) is 19.4 Å². The summed E-state index contributed by atoms with van der Waals surface area (Å²) < 4.78 is 38.0. The van der Waals surface area contributed by atoms with E-state index in [1.807, 2.05) is 13.8 Å². The average molecular weight is 278 g/mol. The van der Waals surface area contributed by atoms with Gasteiger partial charge in [-0.3, -0.25) is 0 Å². The predicted molar refractivity (Wildman–Crippen MR) is 71.9 cm³/mol. The number of nitrogens with two attached hydrogens (primary N) is 1. The van der Waals surface area contributed by atoms with Gasteiger partial charge in [0.1, 0.15) is 0 Å². The third kappa shape index (κ3) is 4.33. The summed E-state index contributed by atoms with van der Waals surface area (Å²) >= 11 is 1.74. The number of benzene rings is 1. The fourth-order valence-electron chi connectivity index (χ4n) is 1.51. The van der Waals surface area contributed by atoms with Crippen molar-refractivity contribution in [3.05, 3.63) is 23.8 Å². The Hall–Kier alpha value is -1.04. The van der Waals surface area contributed by atoms with Crippen LogP contribution in [-0.4, -0.2) is 17.5 Å². The van der Waals surface area contributed by atoms with Gasteiger partial charge in [-0.05, 0) is 30.9 Å². The number of thioether (sulfide) groups is 1. The summed E-state index contributed by atoms with van der Waals surface area (Å²) in [4.78, 5) is 0. The first kappa shape index (κ1) is 15.0. The van der Waals surface area contributed by atoms with Gasteiger partial charge in [0.05, 0.1) is 5.56 Å². The first-order valence-corrected chi connectivity index (χ1v) is 6.81. The van der Waals surface area contributed by atoms with Crippen molar-refractivity contribution in [1.29, 1.82) is 0 Å². The highest BCUT2D eigenvalue weighted by Gasteiger charge is 2.33. The Bertz CT molecular complexity index is 393. The Morgan fingerprint density at radius 2 is 2.06 bits per heavy atom. The zero-order valence-electron chi connectivity index (χ0n) is 10.3. The maximum Gasteiger partial charge on any atom is 0.418 e. The lowest BCUT2D eigenvalue weighted by atomic mass is 10.1. The molecule has 0 amide bonds. The number of nitrogen functional groups attached to an aromatic ring is 1. The molecule has 0 saturated carbocycles. The molecular weight excluding hydrogens is 261 g/mol. The van der Waals surface area contributed by atoms with Gasteiger partial charge in [-0.25, -0.2) is 0 Å². The number of nitrogens with one attached hydrogen (secondary N) is 1. The van der Waals surface area contributed by atoms with E-state index in [-0.39, 0.29) is 11.7 Å². The predicted octanol–water partition coefficient (Wildman–Crippen LogP) is 3.84. The molecule has 18 heavy (non-hydrogen) atoms. The van der Waals surface area contributed by atoms with Crippen LogP contribution < -0.4 is 11.1 Å². The summed E-state index contributed by atoms with van der Waals surface area (Å²) in [5, 5.41) is 3.04. The van der Waals surface area contributed by atoms with Gasteiger partial charge in [-0.15, -0.1) is 0 Å². The molecule has 0 fully saturated rings. The summed E-state index contributed by atoms with van der Waals surface area (Å²) in [6, 6.07) is 4.02. The van der Waals surface area contributed by atoms with Crippen LogP contribution in [-0.2, 0) is 6.18 Å². The Kier molecular flexibility index (Phi) is 5.19. The van der Waals surface area contributed by atoms with E-state index in [0.29, 0.717) is 5.69 Å². The number of alkyl halides is 3.